The van der Waals surface area contributed by atoms with Crippen molar-refractivity contribution in [3.63, 3.8) is 0 Å². The minimum atomic E-state index is -3.57. The second-order valence-corrected chi connectivity index (χ2v) is 9.16. The lowest BCUT2D eigenvalue weighted by molar-refractivity contribution is 0.174. The topological polar surface area (TPSA) is 86.0 Å². The van der Waals surface area contributed by atoms with Crippen molar-refractivity contribution in [2.75, 3.05) is 13.0 Å². The van der Waals surface area contributed by atoms with E-state index in [1.165, 1.54) is 10.7 Å². The third-order valence-electron chi connectivity index (χ3n) is 5.23. The molecule has 8 nitrogen and oxygen atoms in total. The van der Waals surface area contributed by atoms with E-state index in [9.17, 15) is 8.42 Å². The van der Waals surface area contributed by atoms with Crippen LogP contribution in [0.2, 0.25) is 0 Å². The quantitative estimate of drug-likeness (QED) is 0.643. The number of hydrogen-bond donors (Lipinski definition) is 0. The zero-order chi connectivity index (χ0) is 20.9. The summed E-state index contributed by atoms with van der Waals surface area (Å²) in [5.41, 5.74) is 3.98. The Morgan fingerprint density at radius 1 is 1.07 bits per heavy atom. The van der Waals surface area contributed by atoms with Crippen molar-refractivity contribution in [1.82, 2.24) is 14.2 Å². The van der Waals surface area contributed by atoms with Gasteiger partial charge >= 0.3 is 0 Å². The maximum absolute atomic E-state index is 12.5. The first-order chi connectivity index (χ1) is 14.4. The van der Waals surface area contributed by atoms with E-state index in [2.05, 4.69) is 10.2 Å². The number of aromatic nitrogens is 2. The molecule has 9 heteroatoms. The van der Waals surface area contributed by atoms with Crippen molar-refractivity contribution in [3.8, 4) is 17.2 Å². The lowest BCUT2D eigenvalue weighted by Crippen LogP contribution is -2.26. The van der Waals surface area contributed by atoms with E-state index >= 15 is 0 Å². The molecule has 30 heavy (non-hydrogen) atoms. The van der Waals surface area contributed by atoms with Crippen LogP contribution in [0, 0.1) is 6.92 Å². The van der Waals surface area contributed by atoms with Gasteiger partial charge in [0.1, 0.15) is 0 Å². The van der Waals surface area contributed by atoms with Crippen molar-refractivity contribution in [1.29, 1.82) is 0 Å². The number of rotatable bonds is 4. The van der Waals surface area contributed by atoms with Crippen LogP contribution >= 0.6 is 0 Å². The normalized spacial score (nSPS) is 18.0. The summed E-state index contributed by atoms with van der Waals surface area (Å²) in [6, 6.07) is 14.8. The van der Waals surface area contributed by atoms with Crippen LogP contribution < -0.4 is 9.47 Å². The molecule has 0 aliphatic carbocycles. The smallest absolute Gasteiger partial charge is 0.247 e. The zero-order valence-corrected chi connectivity index (χ0v) is 17.3. The van der Waals surface area contributed by atoms with E-state index in [0.717, 1.165) is 22.5 Å². The van der Waals surface area contributed by atoms with Gasteiger partial charge < -0.3 is 9.47 Å². The molecule has 3 aromatic rings. The summed E-state index contributed by atoms with van der Waals surface area (Å²) in [7, 11) is -3.57. The Morgan fingerprint density at radius 3 is 2.60 bits per heavy atom. The van der Waals surface area contributed by atoms with Gasteiger partial charge in [-0.25, -0.2) is 13.1 Å². The Labute approximate surface area is 174 Å². The van der Waals surface area contributed by atoms with Crippen LogP contribution in [0.4, 0.5) is 0 Å². The number of ether oxygens (including phenoxy) is 2. The van der Waals surface area contributed by atoms with Gasteiger partial charge in [-0.05, 0) is 37.3 Å². The summed E-state index contributed by atoms with van der Waals surface area (Å²) in [4.78, 5) is 0. The molecule has 0 saturated carbocycles. The van der Waals surface area contributed by atoms with Gasteiger partial charge in [0.2, 0.25) is 16.8 Å². The Hall–Kier alpha value is -3.33. The highest BCUT2D eigenvalue weighted by Gasteiger charge is 2.36. The zero-order valence-electron chi connectivity index (χ0n) is 16.5. The number of nitrogens with zero attached hydrogens (tertiary/aromatic N) is 4. The summed E-state index contributed by atoms with van der Waals surface area (Å²) in [6.07, 6.45) is 3.49. The number of para-hydroxylation sites is 1. The molecule has 2 aromatic carbocycles. The lowest BCUT2D eigenvalue weighted by atomic mass is 9.99. The van der Waals surface area contributed by atoms with Crippen molar-refractivity contribution >= 4 is 15.7 Å². The Kier molecular flexibility index (Phi) is 4.28. The first-order valence-corrected chi connectivity index (χ1v) is 11.3. The van der Waals surface area contributed by atoms with Crippen LogP contribution in [-0.4, -0.2) is 41.4 Å². The first kappa shape index (κ1) is 18.7. The Bertz CT molecular complexity index is 1250. The second-order valence-electron chi connectivity index (χ2n) is 7.32. The maximum Gasteiger partial charge on any atom is 0.247 e. The van der Waals surface area contributed by atoms with E-state index in [1.807, 2.05) is 61.7 Å². The van der Waals surface area contributed by atoms with Crippen LogP contribution in [0.15, 0.2) is 59.8 Å². The average molecular weight is 424 g/mol. The number of sulfonamides is 1. The molecular weight excluding hydrogens is 404 g/mol. The van der Waals surface area contributed by atoms with Crippen molar-refractivity contribution in [3.05, 3.63) is 71.5 Å². The molecule has 0 N–H and O–H groups in total. The van der Waals surface area contributed by atoms with Gasteiger partial charge in [0.25, 0.3) is 0 Å². The highest BCUT2D eigenvalue weighted by atomic mass is 32.2. The molecule has 0 radical (unpaired) electrons. The summed E-state index contributed by atoms with van der Waals surface area (Å²) in [5, 5.41) is 9.06. The van der Waals surface area contributed by atoms with Gasteiger partial charge in [-0.1, -0.05) is 18.2 Å². The van der Waals surface area contributed by atoms with E-state index in [0.29, 0.717) is 23.6 Å². The van der Waals surface area contributed by atoms with E-state index in [-0.39, 0.29) is 6.79 Å². The molecule has 5 rings (SSSR count). The van der Waals surface area contributed by atoms with E-state index in [1.54, 1.807) is 4.68 Å². The second kappa shape index (κ2) is 6.88. The molecule has 1 atom stereocenters. The molecule has 0 spiro atoms. The summed E-state index contributed by atoms with van der Waals surface area (Å²) < 4.78 is 38.8. The molecule has 0 amide bonds. The van der Waals surface area contributed by atoms with Crippen molar-refractivity contribution < 1.29 is 17.9 Å². The van der Waals surface area contributed by atoms with Gasteiger partial charge in [-0.15, -0.1) is 0 Å². The van der Waals surface area contributed by atoms with Crippen LogP contribution in [0.25, 0.3) is 5.69 Å². The number of hydrazone groups is 1. The standard InChI is InChI=1S/C21H20N4O4S/c1-14-17(12-24(22-14)16-6-4-3-5-7-16)19-11-18(23-25(19)30(2,26)27)15-8-9-20-21(10-15)29-13-28-20/h3-10,12,19H,11,13H2,1-2H3. The fraction of sp³-hybridized carbons (Fsp3) is 0.238. The van der Waals surface area contributed by atoms with Gasteiger partial charge in [0.15, 0.2) is 11.5 Å². The molecule has 1 unspecified atom stereocenters. The molecule has 2 aliphatic heterocycles. The molecule has 0 bridgehead atoms. The highest BCUT2D eigenvalue weighted by molar-refractivity contribution is 7.88. The van der Waals surface area contributed by atoms with Gasteiger partial charge in [-0.3, -0.25) is 0 Å². The lowest BCUT2D eigenvalue weighted by Gasteiger charge is -2.20. The predicted octanol–water partition coefficient (Wildman–Crippen LogP) is 3.02. The minimum absolute atomic E-state index is 0.182. The van der Waals surface area contributed by atoms with Crippen LogP contribution in [-0.2, 0) is 10.0 Å². The van der Waals surface area contributed by atoms with E-state index < -0.39 is 16.1 Å². The molecule has 0 fully saturated rings. The predicted molar refractivity (Wildman–Crippen MR) is 111 cm³/mol. The summed E-state index contributed by atoms with van der Waals surface area (Å²) >= 11 is 0. The molecule has 1 aromatic heterocycles. The van der Waals surface area contributed by atoms with Gasteiger partial charge in [0, 0.05) is 23.7 Å². The Balaban J connectivity index is 1.52. The number of benzene rings is 2. The van der Waals surface area contributed by atoms with Crippen molar-refractivity contribution in [2.24, 2.45) is 5.10 Å². The fourth-order valence-corrected chi connectivity index (χ4v) is 4.69. The van der Waals surface area contributed by atoms with Gasteiger partial charge in [-0.2, -0.15) is 14.6 Å². The average Bonchev–Trinajstić information content (AvgIpc) is 3.45. The molecule has 154 valence electrons. The third kappa shape index (κ3) is 3.21. The highest BCUT2D eigenvalue weighted by Crippen LogP contribution is 2.38. The largest absolute Gasteiger partial charge is 0.454 e. The third-order valence-corrected chi connectivity index (χ3v) is 6.25. The molecular formula is C21H20N4O4S. The fourth-order valence-electron chi connectivity index (χ4n) is 3.79. The van der Waals surface area contributed by atoms with E-state index in [4.69, 9.17) is 9.47 Å². The van der Waals surface area contributed by atoms with Crippen LogP contribution in [0.3, 0.4) is 0 Å². The maximum atomic E-state index is 12.5. The summed E-state index contributed by atoms with van der Waals surface area (Å²) in [5.74, 6) is 1.31. The number of aryl methyl sites for hydroxylation is 1. The van der Waals surface area contributed by atoms with Crippen LogP contribution in [0.1, 0.15) is 29.3 Å². The van der Waals surface area contributed by atoms with Crippen molar-refractivity contribution in [2.45, 2.75) is 19.4 Å². The summed E-state index contributed by atoms with van der Waals surface area (Å²) in [6.45, 7) is 2.06. The SMILES string of the molecule is Cc1nn(-c2ccccc2)cc1C1CC(c2ccc3c(c2)OCO3)=NN1S(C)(=O)=O. The first-order valence-electron chi connectivity index (χ1n) is 9.48. The molecule has 2 aliphatic rings. The Morgan fingerprint density at radius 2 is 1.83 bits per heavy atom. The molecule has 0 saturated heterocycles. The molecule has 3 heterocycles. The van der Waals surface area contributed by atoms with Gasteiger partial charge in [0.05, 0.1) is 29.4 Å². The number of hydrogen-bond acceptors (Lipinski definition) is 6. The minimum Gasteiger partial charge on any atom is -0.454 e. The van der Waals surface area contributed by atoms with Crippen LogP contribution in [0.5, 0.6) is 11.5 Å². The monoisotopic (exact) mass is 424 g/mol. The number of fused-ring (bicyclic) bond motifs is 1.